The molecule has 0 aromatic carbocycles. The van der Waals surface area contributed by atoms with Gasteiger partial charge in [-0.2, -0.15) is 0 Å². The van der Waals surface area contributed by atoms with Crippen LogP contribution < -0.4 is 0 Å². The van der Waals surface area contributed by atoms with Crippen LogP contribution in [0.3, 0.4) is 0 Å². The third kappa shape index (κ3) is 2.82. The number of rotatable bonds is 2. The van der Waals surface area contributed by atoms with Gasteiger partial charge >= 0.3 is 0 Å². The number of hydrogen-bond donors (Lipinski definition) is 0. The maximum absolute atomic E-state index is 3.86. The minimum Gasteiger partial charge on any atom is -0.295 e. The van der Waals surface area contributed by atoms with Crippen molar-refractivity contribution in [2.24, 2.45) is 0 Å². The average Bonchev–Trinajstić information content (AvgIpc) is 2.16. The zero-order valence-corrected chi connectivity index (χ0v) is 10.7. The van der Waals surface area contributed by atoms with Crippen molar-refractivity contribution in [3.05, 3.63) is 36.0 Å². The topological polar surface area (TPSA) is 3.24 Å². The highest BCUT2D eigenvalue weighted by molar-refractivity contribution is 5.41. The minimum absolute atomic E-state index is 0.215. The Morgan fingerprint density at radius 3 is 2.53 bits per heavy atom. The summed E-state index contributed by atoms with van der Waals surface area (Å²) in [5.74, 6) is 0. The molecule has 15 heavy (non-hydrogen) atoms. The third-order valence-electron chi connectivity index (χ3n) is 3.27. The fourth-order valence-corrected chi connectivity index (χ4v) is 1.82. The molecule has 1 rings (SSSR count). The quantitative estimate of drug-likeness (QED) is 0.666. The third-order valence-corrected chi connectivity index (χ3v) is 3.27. The van der Waals surface area contributed by atoms with E-state index in [4.69, 9.17) is 0 Å². The second-order valence-corrected chi connectivity index (χ2v) is 5.30. The molecule has 0 fully saturated rings. The van der Waals surface area contributed by atoms with Gasteiger partial charge in [0.2, 0.25) is 0 Å². The van der Waals surface area contributed by atoms with Gasteiger partial charge in [-0.25, -0.2) is 0 Å². The Labute approximate surface area is 94.2 Å². The molecule has 1 heteroatoms. The summed E-state index contributed by atoms with van der Waals surface area (Å²) in [5.41, 5.74) is 2.85. The van der Waals surface area contributed by atoms with Gasteiger partial charge in [0, 0.05) is 11.6 Å². The lowest BCUT2D eigenvalue weighted by Gasteiger charge is -2.38. The zero-order chi connectivity index (χ0) is 11.6. The fourth-order valence-electron chi connectivity index (χ4n) is 1.82. The molecular weight excluding hydrogens is 182 g/mol. The Morgan fingerprint density at radius 1 is 1.47 bits per heavy atom. The van der Waals surface area contributed by atoms with Gasteiger partial charge in [-0.3, -0.25) is 4.90 Å². The Bertz CT molecular complexity index is 302. The monoisotopic (exact) mass is 205 g/mol. The molecule has 1 aliphatic carbocycles. The molecule has 84 valence electrons. The lowest BCUT2D eigenvalue weighted by molar-refractivity contribution is 0.141. The van der Waals surface area contributed by atoms with Crippen molar-refractivity contribution >= 4 is 0 Å². The van der Waals surface area contributed by atoms with Gasteiger partial charge in [-0.05, 0) is 52.3 Å². The summed E-state index contributed by atoms with van der Waals surface area (Å²) >= 11 is 0. The van der Waals surface area contributed by atoms with Crippen molar-refractivity contribution in [2.45, 2.75) is 45.7 Å². The first kappa shape index (κ1) is 12.3. The SMILES string of the molecule is C=CC1=CC(N(C)C(C)(C)C)CC=C1C. The van der Waals surface area contributed by atoms with Gasteiger partial charge in [0.25, 0.3) is 0 Å². The molecule has 0 spiro atoms. The van der Waals surface area contributed by atoms with E-state index in [1.165, 1.54) is 11.1 Å². The fraction of sp³-hybridized carbons (Fsp3) is 0.571. The van der Waals surface area contributed by atoms with Gasteiger partial charge in [-0.15, -0.1) is 0 Å². The second-order valence-electron chi connectivity index (χ2n) is 5.30. The Hall–Kier alpha value is -0.820. The van der Waals surface area contributed by atoms with Crippen LogP contribution in [0, 0.1) is 0 Å². The van der Waals surface area contributed by atoms with Crippen molar-refractivity contribution in [1.29, 1.82) is 0 Å². The predicted octanol–water partition coefficient (Wildman–Crippen LogP) is 3.55. The highest BCUT2D eigenvalue weighted by Crippen LogP contribution is 2.25. The van der Waals surface area contributed by atoms with Crippen molar-refractivity contribution < 1.29 is 0 Å². The van der Waals surface area contributed by atoms with Crippen LogP contribution in [0.4, 0.5) is 0 Å². The van der Waals surface area contributed by atoms with E-state index in [1.807, 2.05) is 6.08 Å². The largest absolute Gasteiger partial charge is 0.295 e. The molecule has 0 saturated heterocycles. The van der Waals surface area contributed by atoms with Crippen LogP contribution in [0.1, 0.15) is 34.1 Å². The molecule has 0 saturated carbocycles. The van der Waals surface area contributed by atoms with Gasteiger partial charge in [0.1, 0.15) is 0 Å². The summed E-state index contributed by atoms with van der Waals surface area (Å²) in [5, 5.41) is 0. The smallest absolute Gasteiger partial charge is 0.0323 e. The normalized spacial score (nSPS) is 22.4. The number of allylic oxidation sites excluding steroid dienone is 3. The highest BCUT2D eigenvalue weighted by Gasteiger charge is 2.24. The van der Waals surface area contributed by atoms with E-state index in [0.717, 1.165) is 6.42 Å². The molecule has 0 aromatic heterocycles. The molecule has 0 aromatic rings. The summed E-state index contributed by atoms with van der Waals surface area (Å²) in [6, 6.07) is 0.502. The lowest BCUT2D eigenvalue weighted by Crippen LogP contribution is -2.44. The summed E-state index contributed by atoms with van der Waals surface area (Å²) in [6.07, 6.45) is 7.70. The number of likely N-dealkylation sites (N-methyl/N-ethyl adjacent to an activating group) is 1. The molecule has 0 radical (unpaired) electrons. The maximum Gasteiger partial charge on any atom is 0.0323 e. The van der Waals surface area contributed by atoms with Crippen molar-refractivity contribution in [1.82, 2.24) is 4.90 Å². The van der Waals surface area contributed by atoms with Crippen molar-refractivity contribution in [3.63, 3.8) is 0 Å². The van der Waals surface area contributed by atoms with Crippen molar-refractivity contribution in [3.8, 4) is 0 Å². The molecule has 0 aliphatic heterocycles. The Kier molecular flexibility index (Phi) is 3.56. The lowest BCUT2D eigenvalue weighted by atomic mass is 9.92. The molecule has 0 bridgehead atoms. The van der Waals surface area contributed by atoms with E-state index in [2.05, 4.69) is 58.4 Å². The van der Waals surface area contributed by atoms with Crippen LogP contribution in [0.15, 0.2) is 36.0 Å². The standard InChI is InChI=1S/C14H23N/c1-7-12-10-13(9-8-11(12)2)15(6)14(3,4)5/h7-8,10,13H,1,9H2,2-6H3. The van der Waals surface area contributed by atoms with Crippen molar-refractivity contribution in [2.75, 3.05) is 7.05 Å². The summed E-state index contributed by atoms with van der Waals surface area (Å²) < 4.78 is 0. The molecular formula is C14H23N. The molecule has 0 amide bonds. The summed E-state index contributed by atoms with van der Waals surface area (Å²) in [4.78, 5) is 2.42. The predicted molar refractivity (Wildman–Crippen MR) is 68.0 cm³/mol. The van der Waals surface area contributed by atoms with Crippen LogP contribution in [-0.2, 0) is 0 Å². The van der Waals surface area contributed by atoms with Gasteiger partial charge < -0.3 is 0 Å². The first-order chi connectivity index (χ1) is 6.86. The van der Waals surface area contributed by atoms with E-state index in [0.29, 0.717) is 6.04 Å². The summed E-state index contributed by atoms with van der Waals surface area (Å²) in [6.45, 7) is 12.8. The van der Waals surface area contributed by atoms with E-state index in [9.17, 15) is 0 Å². The molecule has 1 nitrogen and oxygen atoms in total. The maximum atomic E-state index is 3.86. The second kappa shape index (κ2) is 4.36. The molecule has 0 heterocycles. The zero-order valence-electron chi connectivity index (χ0n) is 10.7. The number of hydrogen-bond acceptors (Lipinski definition) is 1. The Balaban J connectivity index is 2.85. The average molecular weight is 205 g/mol. The van der Waals surface area contributed by atoms with Crippen LogP contribution in [-0.4, -0.2) is 23.5 Å². The first-order valence-corrected chi connectivity index (χ1v) is 5.60. The molecule has 1 unspecified atom stereocenters. The van der Waals surface area contributed by atoms with Crippen LogP contribution in [0.25, 0.3) is 0 Å². The van der Waals surface area contributed by atoms with Gasteiger partial charge in [0.15, 0.2) is 0 Å². The van der Waals surface area contributed by atoms with E-state index in [1.54, 1.807) is 0 Å². The highest BCUT2D eigenvalue weighted by atomic mass is 15.2. The van der Waals surface area contributed by atoms with E-state index < -0.39 is 0 Å². The van der Waals surface area contributed by atoms with Gasteiger partial charge in [0.05, 0.1) is 0 Å². The minimum atomic E-state index is 0.215. The summed E-state index contributed by atoms with van der Waals surface area (Å²) in [7, 11) is 2.19. The first-order valence-electron chi connectivity index (χ1n) is 5.60. The van der Waals surface area contributed by atoms with E-state index in [-0.39, 0.29) is 5.54 Å². The van der Waals surface area contributed by atoms with E-state index >= 15 is 0 Å². The van der Waals surface area contributed by atoms with Crippen LogP contribution >= 0.6 is 0 Å². The Morgan fingerprint density at radius 2 is 2.07 bits per heavy atom. The molecule has 1 atom stereocenters. The van der Waals surface area contributed by atoms with Gasteiger partial charge in [-0.1, -0.05) is 24.8 Å². The molecule has 1 aliphatic rings. The number of nitrogens with zero attached hydrogens (tertiary/aromatic N) is 1. The van der Waals surface area contributed by atoms with Crippen LogP contribution in [0.2, 0.25) is 0 Å². The molecule has 0 N–H and O–H groups in total. The van der Waals surface area contributed by atoms with Crippen LogP contribution in [0.5, 0.6) is 0 Å².